The van der Waals surface area contributed by atoms with Crippen LogP contribution in [-0.2, 0) is 4.79 Å². The normalized spacial score (nSPS) is 19.5. The molecule has 0 aliphatic heterocycles. The van der Waals surface area contributed by atoms with Crippen LogP contribution in [0.15, 0.2) is 0 Å². The van der Waals surface area contributed by atoms with E-state index in [1.54, 1.807) is 0 Å². The fourth-order valence-electron chi connectivity index (χ4n) is 0.618. The van der Waals surface area contributed by atoms with Gasteiger partial charge in [0.05, 0.1) is 6.61 Å². The fraction of sp³-hybridized carbons (Fsp3) is 0.833. The van der Waals surface area contributed by atoms with Crippen LogP contribution in [0.1, 0.15) is 0 Å². The van der Waals surface area contributed by atoms with Crippen molar-refractivity contribution in [3.05, 3.63) is 0 Å². The molecule has 0 unspecified atom stereocenters. The van der Waals surface area contributed by atoms with E-state index in [1.165, 1.54) is 0 Å². The molecular formula is C6H14O6Pb. The van der Waals surface area contributed by atoms with Crippen LogP contribution in [0, 0.1) is 0 Å². The Hall–Kier alpha value is 0.392. The molecule has 0 heterocycles. The summed E-state index contributed by atoms with van der Waals surface area (Å²) >= 11 is 0. The summed E-state index contributed by atoms with van der Waals surface area (Å²) in [5.74, 6) is 0. The van der Waals surface area contributed by atoms with Crippen LogP contribution >= 0.6 is 0 Å². The molecule has 0 saturated carbocycles. The summed E-state index contributed by atoms with van der Waals surface area (Å²) in [6.45, 7) is -0.760. The van der Waals surface area contributed by atoms with Crippen molar-refractivity contribution in [3.8, 4) is 0 Å². The molecule has 0 aliphatic carbocycles. The van der Waals surface area contributed by atoms with Crippen LogP contribution in [0.5, 0.6) is 0 Å². The SMILES string of the molecule is O=C[C@H](O)[C@@H](O)[C@@H](O)[C@H](O)CO.[PbH2]. The molecule has 0 rings (SSSR count). The molecule has 0 saturated heterocycles. The average Bonchev–Trinajstić information content (AvgIpc) is 2.12. The van der Waals surface area contributed by atoms with Crippen molar-refractivity contribution in [1.82, 2.24) is 0 Å². The Kier molecular flexibility index (Phi) is 9.46. The number of aliphatic hydroxyl groups is 5. The third-order valence-electron chi connectivity index (χ3n) is 1.42. The monoisotopic (exact) mass is 390 g/mol. The zero-order valence-electron chi connectivity index (χ0n) is 6.95. The molecule has 0 aromatic carbocycles. The van der Waals surface area contributed by atoms with Gasteiger partial charge in [0.25, 0.3) is 0 Å². The number of aldehydes is 1. The van der Waals surface area contributed by atoms with Gasteiger partial charge in [0.15, 0.2) is 6.29 Å². The first kappa shape index (κ1) is 15.8. The van der Waals surface area contributed by atoms with Crippen molar-refractivity contribution in [1.29, 1.82) is 0 Å². The quantitative estimate of drug-likeness (QED) is 0.240. The van der Waals surface area contributed by atoms with E-state index in [4.69, 9.17) is 25.5 Å². The van der Waals surface area contributed by atoms with Crippen LogP contribution in [0.3, 0.4) is 0 Å². The summed E-state index contributed by atoms with van der Waals surface area (Å²) in [6, 6.07) is 0. The van der Waals surface area contributed by atoms with Crippen molar-refractivity contribution in [2.24, 2.45) is 0 Å². The van der Waals surface area contributed by atoms with Gasteiger partial charge < -0.3 is 30.3 Å². The van der Waals surface area contributed by atoms with E-state index in [2.05, 4.69) is 0 Å². The summed E-state index contributed by atoms with van der Waals surface area (Å²) in [5, 5.41) is 43.5. The van der Waals surface area contributed by atoms with Gasteiger partial charge in [0.1, 0.15) is 24.4 Å². The minimum atomic E-state index is -1.79. The molecule has 0 fully saturated rings. The molecule has 0 bridgehead atoms. The zero-order valence-corrected chi connectivity index (χ0v) is 12.4. The van der Waals surface area contributed by atoms with Gasteiger partial charge in [-0.2, -0.15) is 0 Å². The van der Waals surface area contributed by atoms with Gasteiger partial charge in [0.2, 0.25) is 0 Å². The Morgan fingerprint density at radius 3 is 1.85 bits per heavy atom. The molecule has 78 valence electrons. The average molecular weight is 389 g/mol. The van der Waals surface area contributed by atoms with Gasteiger partial charge in [-0.1, -0.05) is 0 Å². The molecule has 5 N–H and O–H groups in total. The standard InChI is InChI=1S/C6H12O6.Pb.2H/c7-1-3(9)5(11)6(12)4(10)2-8;;;/h1,3-6,8-12H,2H2;;;/t3-,4+,5+,6-;;;/m0.../s1. The molecule has 0 amide bonds. The summed E-state index contributed by atoms with van der Waals surface area (Å²) in [4.78, 5) is 9.90. The summed E-state index contributed by atoms with van der Waals surface area (Å²) in [6.07, 6.45) is -6.84. The van der Waals surface area contributed by atoms with Gasteiger partial charge in [-0.25, -0.2) is 0 Å². The minimum absolute atomic E-state index is 0. The molecule has 0 aromatic heterocycles. The van der Waals surface area contributed by atoms with Gasteiger partial charge >= 0.3 is 27.3 Å². The summed E-state index contributed by atoms with van der Waals surface area (Å²) in [7, 11) is 0. The van der Waals surface area contributed by atoms with Crippen molar-refractivity contribution >= 4 is 33.6 Å². The van der Waals surface area contributed by atoms with Crippen LogP contribution in [0.4, 0.5) is 0 Å². The molecule has 13 heavy (non-hydrogen) atoms. The first-order chi connectivity index (χ1) is 5.54. The van der Waals surface area contributed by atoms with E-state index in [0.29, 0.717) is 0 Å². The van der Waals surface area contributed by atoms with Crippen molar-refractivity contribution in [3.63, 3.8) is 0 Å². The number of aliphatic hydroxyl groups excluding tert-OH is 5. The Bertz CT molecular complexity index is 143. The number of hydrogen-bond donors (Lipinski definition) is 5. The Morgan fingerprint density at radius 2 is 1.54 bits per heavy atom. The Morgan fingerprint density at radius 1 is 1.08 bits per heavy atom. The van der Waals surface area contributed by atoms with Crippen LogP contribution in [-0.4, -0.2) is 90.1 Å². The first-order valence-corrected chi connectivity index (χ1v) is 3.33. The van der Waals surface area contributed by atoms with Crippen molar-refractivity contribution in [2.75, 3.05) is 6.61 Å². The van der Waals surface area contributed by atoms with Gasteiger partial charge in [0, 0.05) is 0 Å². The second-order valence-electron chi connectivity index (χ2n) is 2.36. The van der Waals surface area contributed by atoms with Crippen LogP contribution in [0.2, 0.25) is 0 Å². The molecular weight excluding hydrogens is 375 g/mol. The maximum absolute atomic E-state index is 9.90. The van der Waals surface area contributed by atoms with Crippen LogP contribution < -0.4 is 0 Å². The third kappa shape index (κ3) is 4.98. The summed E-state index contributed by atoms with van der Waals surface area (Å²) < 4.78 is 0. The van der Waals surface area contributed by atoms with Crippen LogP contribution in [0.25, 0.3) is 0 Å². The zero-order chi connectivity index (χ0) is 9.72. The maximum atomic E-state index is 9.90. The van der Waals surface area contributed by atoms with Gasteiger partial charge in [-0.05, 0) is 0 Å². The molecule has 6 nitrogen and oxygen atoms in total. The van der Waals surface area contributed by atoms with E-state index >= 15 is 0 Å². The number of hydrogen-bond acceptors (Lipinski definition) is 6. The van der Waals surface area contributed by atoms with E-state index in [1.807, 2.05) is 0 Å². The molecule has 0 aromatic rings. The van der Waals surface area contributed by atoms with E-state index in [0.717, 1.165) is 0 Å². The molecule has 2 radical (unpaired) electrons. The third-order valence-corrected chi connectivity index (χ3v) is 1.42. The van der Waals surface area contributed by atoms with E-state index in [-0.39, 0.29) is 33.6 Å². The molecule has 0 aliphatic rings. The number of rotatable bonds is 5. The summed E-state index contributed by atoms with van der Waals surface area (Å²) in [5.41, 5.74) is 0. The molecule has 4 atom stereocenters. The predicted molar refractivity (Wildman–Crippen MR) is 45.7 cm³/mol. The number of carbonyl (C=O) groups excluding carboxylic acids is 1. The first-order valence-electron chi connectivity index (χ1n) is 3.33. The fourth-order valence-corrected chi connectivity index (χ4v) is 0.618. The Balaban J connectivity index is 0. The van der Waals surface area contributed by atoms with Crippen molar-refractivity contribution in [2.45, 2.75) is 24.4 Å². The molecule has 0 spiro atoms. The number of carbonyl (C=O) groups is 1. The van der Waals surface area contributed by atoms with Crippen molar-refractivity contribution < 1.29 is 30.3 Å². The Labute approximate surface area is 95.0 Å². The van der Waals surface area contributed by atoms with Gasteiger partial charge in [-0.3, -0.25) is 0 Å². The van der Waals surface area contributed by atoms with E-state index < -0.39 is 31.0 Å². The molecule has 7 heteroatoms. The van der Waals surface area contributed by atoms with E-state index in [9.17, 15) is 4.79 Å². The topological polar surface area (TPSA) is 118 Å². The van der Waals surface area contributed by atoms with Gasteiger partial charge in [-0.15, -0.1) is 0 Å². The second-order valence-corrected chi connectivity index (χ2v) is 2.36. The second kappa shape index (κ2) is 7.76. The predicted octanol–water partition coefficient (Wildman–Crippen LogP) is -4.29.